The summed E-state index contributed by atoms with van der Waals surface area (Å²) in [6.45, 7) is 0.660. The van der Waals surface area contributed by atoms with Gasteiger partial charge < -0.3 is 19.8 Å². The van der Waals surface area contributed by atoms with Crippen LogP contribution in [0.1, 0.15) is 29.3 Å². The van der Waals surface area contributed by atoms with E-state index in [0.29, 0.717) is 46.6 Å². The SMILES string of the molecule is CNC(CCS(C)(=O)=O)c1ccc(-c2ccc3ncnc(NCc4ccc(OCc5cccc(F)c5)c(Cl)c4)c3c2)o1. The fraction of sp³-hybridized carbons (Fsp3) is 0.226. The van der Waals surface area contributed by atoms with Gasteiger partial charge in [0.15, 0.2) is 0 Å². The van der Waals surface area contributed by atoms with E-state index in [-0.39, 0.29) is 24.2 Å². The topological polar surface area (TPSA) is 106 Å². The van der Waals surface area contributed by atoms with Crippen LogP contribution in [-0.2, 0) is 23.0 Å². The van der Waals surface area contributed by atoms with Crippen molar-refractivity contribution < 1.29 is 22.0 Å². The maximum absolute atomic E-state index is 13.4. The van der Waals surface area contributed by atoms with Crippen LogP contribution in [0.5, 0.6) is 5.75 Å². The number of hydrogen-bond acceptors (Lipinski definition) is 8. The number of fused-ring (bicyclic) bond motifs is 1. The Balaban J connectivity index is 1.29. The Morgan fingerprint density at radius 1 is 1.02 bits per heavy atom. The summed E-state index contributed by atoms with van der Waals surface area (Å²) in [5.74, 6) is 2.23. The van der Waals surface area contributed by atoms with Gasteiger partial charge in [-0.2, -0.15) is 0 Å². The summed E-state index contributed by atoms with van der Waals surface area (Å²) in [6, 6.07) is 21.1. The molecule has 8 nitrogen and oxygen atoms in total. The van der Waals surface area contributed by atoms with E-state index in [9.17, 15) is 12.8 Å². The van der Waals surface area contributed by atoms with Gasteiger partial charge >= 0.3 is 0 Å². The molecule has 2 N–H and O–H groups in total. The summed E-state index contributed by atoms with van der Waals surface area (Å²) in [4.78, 5) is 8.85. The normalized spacial score (nSPS) is 12.4. The lowest BCUT2D eigenvalue weighted by atomic mass is 10.1. The first-order valence-corrected chi connectivity index (χ1v) is 15.7. The number of benzene rings is 3. The Morgan fingerprint density at radius 3 is 2.64 bits per heavy atom. The van der Waals surface area contributed by atoms with Gasteiger partial charge in [-0.25, -0.2) is 22.8 Å². The smallest absolute Gasteiger partial charge is 0.147 e. The van der Waals surface area contributed by atoms with E-state index < -0.39 is 9.84 Å². The summed E-state index contributed by atoms with van der Waals surface area (Å²) in [5, 5.41) is 7.76. The van der Waals surface area contributed by atoms with Gasteiger partial charge in [-0.15, -0.1) is 0 Å². The molecule has 5 rings (SSSR count). The molecule has 0 aliphatic heterocycles. The van der Waals surface area contributed by atoms with Crippen LogP contribution in [0, 0.1) is 5.82 Å². The second kappa shape index (κ2) is 12.9. The number of nitrogens with zero attached hydrogens (tertiary/aromatic N) is 2. The maximum atomic E-state index is 13.4. The Hall–Kier alpha value is -3.99. The zero-order chi connectivity index (χ0) is 29.7. The van der Waals surface area contributed by atoms with E-state index >= 15 is 0 Å². The molecule has 0 radical (unpaired) electrons. The number of rotatable bonds is 12. The number of sulfone groups is 1. The van der Waals surface area contributed by atoms with Gasteiger partial charge in [-0.05, 0) is 79.2 Å². The Kier molecular flexibility index (Phi) is 9.06. The molecule has 5 aromatic rings. The molecule has 0 bridgehead atoms. The number of anilines is 1. The molecule has 3 aromatic carbocycles. The van der Waals surface area contributed by atoms with Crippen molar-refractivity contribution in [1.82, 2.24) is 15.3 Å². The highest BCUT2D eigenvalue weighted by atomic mass is 35.5. The van der Waals surface area contributed by atoms with E-state index in [1.807, 2.05) is 42.5 Å². The second-order valence-electron chi connectivity index (χ2n) is 9.95. The van der Waals surface area contributed by atoms with Crippen LogP contribution in [0.4, 0.5) is 10.2 Å². The van der Waals surface area contributed by atoms with Crippen molar-refractivity contribution in [3.05, 3.63) is 107 Å². The monoisotopic (exact) mass is 608 g/mol. The lowest BCUT2D eigenvalue weighted by Crippen LogP contribution is -2.19. The summed E-state index contributed by atoms with van der Waals surface area (Å²) in [5.41, 5.74) is 3.24. The van der Waals surface area contributed by atoms with Gasteiger partial charge in [0.05, 0.1) is 22.3 Å². The summed E-state index contributed by atoms with van der Waals surface area (Å²) in [7, 11) is -1.31. The van der Waals surface area contributed by atoms with Crippen molar-refractivity contribution in [2.24, 2.45) is 0 Å². The first-order valence-electron chi connectivity index (χ1n) is 13.3. The third kappa shape index (κ3) is 7.44. The van der Waals surface area contributed by atoms with Crippen molar-refractivity contribution in [3.8, 4) is 17.1 Å². The molecule has 218 valence electrons. The fourth-order valence-corrected chi connectivity index (χ4v) is 5.47. The highest BCUT2D eigenvalue weighted by molar-refractivity contribution is 7.90. The van der Waals surface area contributed by atoms with Gasteiger partial charge in [-0.1, -0.05) is 29.8 Å². The molecule has 0 fully saturated rings. The molecule has 0 spiro atoms. The molecule has 11 heteroatoms. The number of hydrogen-bond donors (Lipinski definition) is 2. The van der Waals surface area contributed by atoms with E-state index in [2.05, 4.69) is 20.6 Å². The number of nitrogens with one attached hydrogen (secondary N) is 2. The average Bonchev–Trinajstić information content (AvgIpc) is 3.45. The van der Waals surface area contributed by atoms with Crippen LogP contribution in [0.3, 0.4) is 0 Å². The van der Waals surface area contributed by atoms with Gasteiger partial charge in [-0.3, -0.25) is 0 Å². The molecule has 0 amide bonds. The highest BCUT2D eigenvalue weighted by Crippen LogP contribution is 2.31. The van der Waals surface area contributed by atoms with E-state index in [1.165, 1.54) is 24.7 Å². The van der Waals surface area contributed by atoms with E-state index in [1.54, 1.807) is 25.2 Å². The number of halogens is 2. The van der Waals surface area contributed by atoms with Crippen molar-refractivity contribution in [2.45, 2.75) is 25.6 Å². The first-order chi connectivity index (χ1) is 20.2. The van der Waals surface area contributed by atoms with Gasteiger partial charge in [0.25, 0.3) is 0 Å². The molecule has 0 saturated heterocycles. The molecule has 42 heavy (non-hydrogen) atoms. The van der Waals surface area contributed by atoms with Crippen molar-refractivity contribution in [1.29, 1.82) is 0 Å². The Bertz CT molecular complexity index is 1810. The number of ether oxygens (including phenoxy) is 1. The largest absolute Gasteiger partial charge is 0.487 e. The van der Waals surface area contributed by atoms with E-state index in [0.717, 1.165) is 22.0 Å². The van der Waals surface area contributed by atoms with E-state index in [4.69, 9.17) is 20.8 Å². The van der Waals surface area contributed by atoms with Crippen LogP contribution in [0.15, 0.2) is 83.5 Å². The zero-order valence-electron chi connectivity index (χ0n) is 23.1. The second-order valence-corrected chi connectivity index (χ2v) is 12.6. The lowest BCUT2D eigenvalue weighted by Gasteiger charge is -2.13. The molecular weight excluding hydrogens is 579 g/mol. The molecule has 0 saturated carbocycles. The summed E-state index contributed by atoms with van der Waals surface area (Å²) < 4.78 is 48.6. The standard InChI is InChI=1S/C31H30ClFN4O4S/c1-34-27(12-13-42(2,38)39)30-11-10-28(41-30)22-7-8-26-24(16-22)31(37-19-36-26)35-17-20-6-9-29(25(32)15-20)40-18-21-4-3-5-23(33)14-21/h3-11,14-16,19,27,34H,12-13,17-18H2,1-2H3,(H,35,36,37). The highest BCUT2D eigenvalue weighted by Gasteiger charge is 2.17. The zero-order valence-corrected chi connectivity index (χ0v) is 24.7. The van der Waals surface area contributed by atoms with Gasteiger partial charge in [0.2, 0.25) is 0 Å². The minimum Gasteiger partial charge on any atom is -0.487 e. The van der Waals surface area contributed by atoms with Crippen molar-refractivity contribution >= 4 is 38.2 Å². The number of furan rings is 1. The predicted molar refractivity (Wildman–Crippen MR) is 163 cm³/mol. The number of aromatic nitrogens is 2. The summed E-state index contributed by atoms with van der Waals surface area (Å²) in [6.07, 6.45) is 3.14. The minimum atomic E-state index is -3.08. The van der Waals surface area contributed by atoms with Crippen LogP contribution in [-0.4, -0.2) is 37.4 Å². The average molecular weight is 609 g/mol. The molecular formula is C31H30ClFN4O4S. The minimum absolute atomic E-state index is 0.0623. The van der Waals surface area contributed by atoms with Gasteiger partial charge in [0.1, 0.15) is 51.7 Å². The lowest BCUT2D eigenvalue weighted by molar-refractivity contribution is 0.305. The van der Waals surface area contributed by atoms with Crippen molar-refractivity contribution in [3.63, 3.8) is 0 Å². The maximum Gasteiger partial charge on any atom is 0.147 e. The van der Waals surface area contributed by atoms with Gasteiger partial charge in [0, 0.05) is 23.8 Å². The Labute approximate surface area is 248 Å². The third-order valence-corrected chi connectivity index (χ3v) is 8.03. The first kappa shape index (κ1) is 29.5. The molecule has 1 unspecified atom stereocenters. The van der Waals surface area contributed by atoms with Crippen LogP contribution in [0.2, 0.25) is 5.02 Å². The third-order valence-electron chi connectivity index (χ3n) is 6.76. The molecule has 1 atom stereocenters. The quantitative estimate of drug-likeness (QED) is 0.164. The molecule has 0 aliphatic rings. The molecule has 2 heterocycles. The molecule has 0 aliphatic carbocycles. The Morgan fingerprint density at radius 2 is 1.88 bits per heavy atom. The van der Waals surface area contributed by atoms with Crippen molar-refractivity contribution in [2.75, 3.05) is 24.4 Å². The summed E-state index contributed by atoms with van der Waals surface area (Å²) >= 11 is 6.47. The van der Waals surface area contributed by atoms with Crippen LogP contribution < -0.4 is 15.4 Å². The molecule has 2 aromatic heterocycles. The van der Waals surface area contributed by atoms with Crippen LogP contribution in [0.25, 0.3) is 22.2 Å². The predicted octanol–water partition coefficient (Wildman–Crippen LogP) is 6.57. The fourth-order valence-electron chi connectivity index (χ4n) is 4.55. The van der Waals surface area contributed by atoms with Crippen LogP contribution >= 0.6 is 11.6 Å².